The summed E-state index contributed by atoms with van der Waals surface area (Å²) in [7, 11) is 1.60. The summed E-state index contributed by atoms with van der Waals surface area (Å²) in [6.45, 7) is 0.414. The van der Waals surface area contributed by atoms with Crippen LogP contribution in [-0.4, -0.2) is 37.9 Å². The van der Waals surface area contributed by atoms with Gasteiger partial charge in [0.1, 0.15) is 11.8 Å². The van der Waals surface area contributed by atoms with E-state index in [1.807, 2.05) is 24.3 Å². The number of fused-ring (bicyclic) bond motifs is 1. The highest BCUT2D eigenvalue weighted by atomic mass is 16.5. The maximum Gasteiger partial charge on any atom is 0.309 e. The Kier molecular flexibility index (Phi) is 6.11. The van der Waals surface area contributed by atoms with Crippen molar-refractivity contribution in [1.82, 2.24) is 10.6 Å². The van der Waals surface area contributed by atoms with Gasteiger partial charge >= 0.3 is 11.8 Å². The van der Waals surface area contributed by atoms with Gasteiger partial charge in [-0.3, -0.25) is 14.4 Å². The molecular formula is C20H20N4O4. The van der Waals surface area contributed by atoms with Gasteiger partial charge in [0.05, 0.1) is 7.11 Å². The number of carbonyl (C=O) groups is 3. The summed E-state index contributed by atoms with van der Waals surface area (Å²) in [6.07, 6.45) is 0.593. The molecule has 1 atom stereocenters. The highest BCUT2D eigenvalue weighted by Gasteiger charge is 2.24. The van der Waals surface area contributed by atoms with Crippen molar-refractivity contribution in [2.75, 3.05) is 20.2 Å². The molecule has 0 aromatic heterocycles. The molecule has 2 aromatic rings. The number of azo groups is 1. The lowest BCUT2D eigenvalue weighted by Gasteiger charge is -2.18. The molecular weight excluding hydrogens is 360 g/mol. The molecule has 0 saturated heterocycles. The van der Waals surface area contributed by atoms with Crippen LogP contribution < -0.4 is 15.4 Å². The average Bonchev–Trinajstić information content (AvgIpc) is 2.73. The zero-order chi connectivity index (χ0) is 19.9. The Labute approximate surface area is 162 Å². The van der Waals surface area contributed by atoms with E-state index in [1.165, 1.54) is 0 Å². The Bertz CT molecular complexity index is 909. The number of benzene rings is 2. The molecule has 0 fully saturated rings. The van der Waals surface area contributed by atoms with Gasteiger partial charge in [0, 0.05) is 18.7 Å². The Morgan fingerprint density at radius 2 is 1.75 bits per heavy atom. The van der Waals surface area contributed by atoms with Crippen LogP contribution in [0.1, 0.15) is 27.5 Å². The van der Waals surface area contributed by atoms with E-state index in [0.29, 0.717) is 24.1 Å². The van der Waals surface area contributed by atoms with Crippen LogP contribution in [0.25, 0.3) is 0 Å². The van der Waals surface area contributed by atoms with Gasteiger partial charge in [-0.25, -0.2) is 0 Å². The topological polar surface area (TPSA) is 109 Å². The summed E-state index contributed by atoms with van der Waals surface area (Å²) in [4.78, 5) is 35.7. The summed E-state index contributed by atoms with van der Waals surface area (Å²) in [5, 5.41) is 12.6. The van der Waals surface area contributed by atoms with E-state index in [-0.39, 0.29) is 6.54 Å². The van der Waals surface area contributed by atoms with E-state index in [9.17, 15) is 14.4 Å². The number of nitrogens with zero attached hydrogens (tertiary/aromatic N) is 2. The molecule has 8 nitrogen and oxygen atoms in total. The lowest BCUT2D eigenvalue weighted by molar-refractivity contribution is -0.139. The van der Waals surface area contributed by atoms with Gasteiger partial charge < -0.3 is 15.4 Å². The molecule has 1 aliphatic heterocycles. The number of carbonyl (C=O) groups excluding carboxylic acids is 3. The molecule has 0 radical (unpaired) electrons. The van der Waals surface area contributed by atoms with Crippen LogP contribution in [0, 0.1) is 0 Å². The second kappa shape index (κ2) is 8.90. The highest BCUT2D eigenvalue weighted by molar-refractivity contribution is 6.35. The zero-order valence-electron chi connectivity index (χ0n) is 15.3. The summed E-state index contributed by atoms with van der Waals surface area (Å²) in [5.74, 6) is -1.12. The third-order valence-corrected chi connectivity index (χ3v) is 4.36. The van der Waals surface area contributed by atoms with E-state index in [2.05, 4.69) is 20.9 Å². The van der Waals surface area contributed by atoms with E-state index < -0.39 is 23.8 Å². The summed E-state index contributed by atoms with van der Waals surface area (Å²) in [5.41, 5.74) is 2.16. The Morgan fingerprint density at radius 1 is 1.04 bits per heavy atom. The number of amides is 3. The number of hydrogen-bond acceptors (Lipinski definition) is 5. The molecule has 3 rings (SSSR count). The van der Waals surface area contributed by atoms with Crippen molar-refractivity contribution < 1.29 is 19.1 Å². The number of nitrogens with one attached hydrogen (secondary N) is 2. The largest absolute Gasteiger partial charge is 0.497 e. The molecule has 1 unspecified atom stereocenters. The zero-order valence-corrected chi connectivity index (χ0v) is 15.3. The maximum atomic E-state index is 12.0. The molecule has 2 N–H and O–H groups in total. The third kappa shape index (κ3) is 4.59. The van der Waals surface area contributed by atoms with Crippen molar-refractivity contribution in [1.29, 1.82) is 0 Å². The average molecular weight is 380 g/mol. The molecule has 3 amide bonds. The molecule has 28 heavy (non-hydrogen) atoms. The van der Waals surface area contributed by atoms with Crippen molar-refractivity contribution in [3.05, 3.63) is 65.2 Å². The van der Waals surface area contributed by atoms with E-state index >= 15 is 0 Å². The van der Waals surface area contributed by atoms with Crippen molar-refractivity contribution >= 4 is 17.7 Å². The minimum atomic E-state index is -0.751. The SMILES string of the molecule is COc1ccc(CCNC(=O)C(=O)NCC2N=NC(=O)c3ccccc32)cc1. The molecule has 1 heterocycles. The first kappa shape index (κ1) is 19.2. The van der Waals surface area contributed by atoms with Gasteiger partial charge in [-0.1, -0.05) is 30.3 Å². The minimum absolute atomic E-state index is 0.0819. The van der Waals surface area contributed by atoms with Gasteiger partial charge in [-0.2, -0.15) is 5.11 Å². The standard InChI is InChI=1S/C20H20N4O4/c1-28-14-8-6-13(7-9-14)10-11-21-19(26)20(27)22-12-17-15-4-2-3-5-16(15)18(25)24-23-17/h2-9,17H,10-12H2,1H3,(H,21,26)(H,22,27). The van der Waals surface area contributed by atoms with Crippen LogP contribution in [0.3, 0.4) is 0 Å². The van der Waals surface area contributed by atoms with Crippen molar-refractivity contribution in [2.45, 2.75) is 12.5 Å². The highest BCUT2D eigenvalue weighted by Crippen LogP contribution is 2.26. The Balaban J connectivity index is 1.46. The second-order valence-corrected chi connectivity index (χ2v) is 6.19. The van der Waals surface area contributed by atoms with Crippen molar-refractivity contribution in [3.63, 3.8) is 0 Å². The van der Waals surface area contributed by atoms with Crippen molar-refractivity contribution in [3.8, 4) is 5.75 Å². The normalized spacial score (nSPS) is 14.9. The predicted octanol–water partition coefficient (Wildman–Crippen LogP) is 1.82. The first-order valence-electron chi connectivity index (χ1n) is 8.81. The Morgan fingerprint density at radius 3 is 2.50 bits per heavy atom. The lowest BCUT2D eigenvalue weighted by Crippen LogP contribution is -2.42. The van der Waals surface area contributed by atoms with E-state index in [1.54, 1.807) is 31.4 Å². The first-order chi connectivity index (χ1) is 13.6. The van der Waals surface area contributed by atoms with Gasteiger partial charge in [0.25, 0.3) is 5.91 Å². The smallest absolute Gasteiger partial charge is 0.309 e. The van der Waals surface area contributed by atoms with Crippen LogP contribution in [0.5, 0.6) is 5.75 Å². The van der Waals surface area contributed by atoms with Crippen LogP contribution in [0.4, 0.5) is 0 Å². The molecule has 0 bridgehead atoms. The molecule has 144 valence electrons. The fourth-order valence-corrected chi connectivity index (χ4v) is 2.83. The fraction of sp³-hybridized carbons (Fsp3) is 0.250. The predicted molar refractivity (Wildman–Crippen MR) is 101 cm³/mol. The monoisotopic (exact) mass is 380 g/mol. The van der Waals surface area contributed by atoms with Gasteiger partial charge in [-0.05, 0) is 35.7 Å². The number of rotatable bonds is 6. The Hall–Kier alpha value is -3.55. The molecule has 1 aliphatic rings. The number of ether oxygens (including phenoxy) is 1. The lowest BCUT2D eigenvalue weighted by atomic mass is 9.99. The van der Waals surface area contributed by atoms with Gasteiger partial charge in [0.15, 0.2) is 0 Å². The molecule has 0 saturated carbocycles. The molecule has 2 aromatic carbocycles. The number of methoxy groups -OCH3 is 1. The van der Waals surface area contributed by atoms with Crippen molar-refractivity contribution in [2.24, 2.45) is 10.2 Å². The van der Waals surface area contributed by atoms with Crippen LogP contribution >= 0.6 is 0 Å². The third-order valence-electron chi connectivity index (χ3n) is 4.36. The van der Waals surface area contributed by atoms with E-state index in [0.717, 1.165) is 11.3 Å². The van der Waals surface area contributed by atoms with Crippen LogP contribution in [0.2, 0.25) is 0 Å². The molecule has 0 spiro atoms. The summed E-state index contributed by atoms with van der Waals surface area (Å²) in [6, 6.07) is 13.9. The quantitative estimate of drug-likeness (QED) is 0.745. The second-order valence-electron chi connectivity index (χ2n) is 6.19. The minimum Gasteiger partial charge on any atom is -0.497 e. The van der Waals surface area contributed by atoms with Gasteiger partial charge in [0.2, 0.25) is 0 Å². The molecule has 0 aliphatic carbocycles. The summed E-state index contributed by atoms with van der Waals surface area (Å²) < 4.78 is 5.09. The first-order valence-corrected chi connectivity index (χ1v) is 8.81. The fourth-order valence-electron chi connectivity index (χ4n) is 2.83. The number of hydrogen-bond donors (Lipinski definition) is 2. The van der Waals surface area contributed by atoms with Crippen LogP contribution in [-0.2, 0) is 16.0 Å². The van der Waals surface area contributed by atoms with Crippen LogP contribution in [0.15, 0.2) is 58.8 Å². The summed E-state index contributed by atoms with van der Waals surface area (Å²) >= 11 is 0. The molecule has 8 heteroatoms. The maximum absolute atomic E-state index is 12.0. The van der Waals surface area contributed by atoms with Gasteiger partial charge in [-0.15, -0.1) is 5.11 Å². The van der Waals surface area contributed by atoms with E-state index in [4.69, 9.17) is 4.74 Å².